The molecule has 2 aromatic rings. The molecule has 4 rings (SSSR count). The molecule has 0 bridgehead atoms. The predicted molar refractivity (Wildman–Crippen MR) is 145 cm³/mol. The Bertz CT molecular complexity index is 1010. The highest BCUT2D eigenvalue weighted by Gasteiger charge is 2.37. The molecule has 0 unspecified atom stereocenters. The normalized spacial score (nSPS) is 19.8. The Morgan fingerprint density at radius 3 is 2.68 bits per heavy atom. The van der Waals surface area contributed by atoms with E-state index in [9.17, 15) is 9.59 Å². The van der Waals surface area contributed by atoms with Gasteiger partial charge in [0.1, 0.15) is 0 Å². The van der Waals surface area contributed by atoms with E-state index in [2.05, 4.69) is 29.5 Å². The molecule has 2 amide bonds. The van der Waals surface area contributed by atoms with Crippen molar-refractivity contribution in [2.24, 2.45) is 5.92 Å². The number of aromatic nitrogens is 3. The van der Waals surface area contributed by atoms with Gasteiger partial charge < -0.3 is 19.9 Å². The number of carbonyl (C=O) groups excluding carboxylic acids is 2. The number of hydrogen-bond acceptors (Lipinski definition) is 6. The first-order valence-corrected chi connectivity index (χ1v) is 13.3. The summed E-state index contributed by atoms with van der Waals surface area (Å²) in [6, 6.07) is 9.97. The highest BCUT2D eigenvalue weighted by Crippen LogP contribution is 2.24. The number of hydrogen-bond donors (Lipinski definition) is 1. The summed E-state index contributed by atoms with van der Waals surface area (Å²) in [6.45, 7) is 7.88. The average molecular weight is 533 g/mol. The first kappa shape index (κ1) is 29.1. The summed E-state index contributed by atoms with van der Waals surface area (Å²) in [5.41, 5.74) is 2.16. The molecule has 0 radical (unpaired) electrons. The number of unbranched alkanes of at least 4 members (excludes halogenated alkanes) is 1. The number of rotatable bonds is 11. The number of nitrogens with zero attached hydrogens (tertiary/aromatic N) is 5. The van der Waals surface area contributed by atoms with E-state index < -0.39 is 0 Å². The molecule has 1 aromatic carbocycles. The molecule has 2 aliphatic rings. The Balaban J connectivity index is 0.00000380. The van der Waals surface area contributed by atoms with E-state index in [1.165, 1.54) is 0 Å². The summed E-state index contributed by atoms with van der Waals surface area (Å²) in [7, 11) is 1.70. The van der Waals surface area contributed by atoms with Crippen LogP contribution in [0.2, 0.25) is 0 Å². The van der Waals surface area contributed by atoms with Crippen LogP contribution >= 0.6 is 12.4 Å². The second-order valence-corrected chi connectivity index (χ2v) is 10.3. The zero-order valence-electron chi connectivity index (χ0n) is 22.3. The van der Waals surface area contributed by atoms with Gasteiger partial charge in [0.2, 0.25) is 5.91 Å². The monoisotopic (exact) mass is 532 g/mol. The molecule has 2 aliphatic heterocycles. The van der Waals surface area contributed by atoms with Crippen LogP contribution in [-0.2, 0) is 16.0 Å². The number of methoxy groups -OCH3 is 1. The van der Waals surface area contributed by atoms with E-state index in [-0.39, 0.29) is 36.3 Å². The molecule has 9 nitrogen and oxygen atoms in total. The Labute approximate surface area is 226 Å². The Morgan fingerprint density at radius 2 is 2.00 bits per heavy atom. The van der Waals surface area contributed by atoms with Crippen LogP contribution in [0.4, 0.5) is 0 Å². The predicted octanol–water partition coefficient (Wildman–Crippen LogP) is 3.11. The molecular weight excluding hydrogens is 492 g/mol. The van der Waals surface area contributed by atoms with Gasteiger partial charge in [-0.2, -0.15) is 0 Å². The quantitative estimate of drug-likeness (QED) is 0.447. The number of likely N-dealkylation sites (tertiary alicyclic amines) is 1. The van der Waals surface area contributed by atoms with Crippen LogP contribution in [0.5, 0.6) is 0 Å². The fourth-order valence-electron chi connectivity index (χ4n) is 5.36. The average Bonchev–Trinajstić information content (AvgIpc) is 3.51. The van der Waals surface area contributed by atoms with Crippen LogP contribution in [-0.4, -0.2) is 88.6 Å². The molecule has 2 atom stereocenters. The largest absolute Gasteiger partial charge is 0.385 e. The maximum absolute atomic E-state index is 14.1. The van der Waals surface area contributed by atoms with Crippen molar-refractivity contribution in [3.63, 3.8) is 0 Å². The van der Waals surface area contributed by atoms with Gasteiger partial charge in [-0.05, 0) is 50.2 Å². The van der Waals surface area contributed by atoms with E-state index in [0.717, 1.165) is 50.2 Å². The standard InChI is InChI=1S/C27H40N6O3.ClH/c1-20(2)19-32(23-16-22(17-28-18-23)31-14-9-13-25(31)34)27(35)26-24(12-7-8-15-36-3)33(30-29-26)21-10-5-4-6-11-21;/h4-6,10-11,20,22-23,28H,7-9,12-19H2,1-3H3;1H/t22-,23+;/m1./s1. The summed E-state index contributed by atoms with van der Waals surface area (Å²) in [4.78, 5) is 30.5. The van der Waals surface area contributed by atoms with Gasteiger partial charge in [-0.15, -0.1) is 17.5 Å². The minimum absolute atomic E-state index is 0. The molecule has 2 fully saturated rings. The molecular formula is C27H41ClN6O3. The molecule has 0 spiro atoms. The van der Waals surface area contributed by atoms with Gasteiger partial charge in [-0.1, -0.05) is 37.3 Å². The van der Waals surface area contributed by atoms with Crippen molar-refractivity contribution in [2.45, 2.75) is 64.5 Å². The van der Waals surface area contributed by atoms with E-state index in [4.69, 9.17) is 4.74 Å². The number of benzene rings is 1. The van der Waals surface area contributed by atoms with Gasteiger partial charge in [-0.25, -0.2) is 4.68 Å². The lowest BCUT2D eigenvalue weighted by Crippen LogP contribution is -2.57. The lowest BCUT2D eigenvalue weighted by atomic mass is 9.98. The topological polar surface area (TPSA) is 92.6 Å². The SMILES string of the molecule is COCCCCc1c(C(=O)N(CC(C)C)[C@@H]2CNC[C@H](N3CCCC3=O)C2)nnn1-c1ccccc1.Cl. The fourth-order valence-corrected chi connectivity index (χ4v) is 5.36. The summed E-state index contributed by atoms with van der Waals surface area (Å²) in [6.07, 6.45) is 4.80. The van der Waals surface area contributed by atoms with Crippen LogP contribution in [0.15, 0.2) is 30.3 Å². The van der Waals surface area contributed by atoms with Crippen molar-refractivity contribution in [1.29, 1.82) is 0 Å². The number of piperidine rings is 1. The van der Waals surface area contributed by atoms with Gasteiger partial charge in [0.25, 0.3) is 5.91 Å². The van der Waals surface area contributed by atoms with Gasteiger partial charge in [0, 0.05) is 58.4 Å². The zero-order valence-corrected chi connectivity index (χ0v) is 23.1. The molecule has 1 aromatic heterocycles. The second-order valence-electron chi connectivity index (χ2n) is 10.3. The number of halogens is 1. The molecule has 3 heterocycles. The van der Waals surface area contributed by atoms with E-state index in [0.29, 0.717) is 44.1 Å². The lowest BCUT2D eigenvalue weighted by molar-refractivity contribution is -0.130. The third-order valence-electron chi connectivity index (χ3n) is 7.10. The third-order valence-corrected chi connectivity index (χ3v) is 7.10. The van der Waals surface area contributed by atoms with Crippen molar-refractivity contribution in [1.82, 2.24) is 30.1 Å². The molecule has 204 valence electrons. The van der Waals surface area contributed by atoms with Crippen molar-refractivity contribution in [3.05, 3.63) is 41.7 Å². The maximum atomic E-state index is 14.1. The Hall–Kier alpha value is -2.49. The van der Waals surface area contributed by atoms with Crippen LogP contribution in [0.3, 0.4) is 0 Å². The molecule has 2 saturated heterocycles. The zero-order chi connectivity index (χ0) is 25.5. The van der Waals surface area contributed by atoms with Crippen molar-refractivity contribution in [3.8, 4) is 5.69 Å². The second kappa shape index (κ2) is 13.9. The molecule has 10 heteroatoms. The van der Waals surface area contributed by atoms with E-state index in [1.54, 1.807) is 11.8 Å². The minimum Gasteiger partial charge on any atom is -0.385 e. The number of nitrogens with one attached hydrogen (secondary N) is 1. The smallest absolute Gasteiger partial charge is 0.276 e. The summed E-state index contributed by atoms with van der Waals surface area (Å²) in [5.74, 6) is 0.457. The highest BCUT2D eigenvalue weighted by molar-refractivity contribution is 5.93. The number of amides is 2. The van der Waals surface area contributed by atoms with Crippen LogP contribution < -0.4 is 5.32 Å². The number of carbonyl (C=O) groups is 2. The van der Waals surface area contributed by atoms with E-state index >= 15 is 0 Å². The summed E-state index contributed by atoms with van der Waals surface area (Å²) in [5, 5.41) is 12.3. The molecule has 0 aliphatic carbocycles. The van der Waals surface area contributed by atoms with Gasteiger partial charge in [-0.3, -0.25) is 9.59 Å². The number of para-hydroxylation sites is 1. The van der Waals surface area contributed by atoms with E-state index in [1.807, 2.05) is 40.1 Å². The maximum Gasteiger partial charge on any atom is 0.276 e. The van der Waals surface area contributed by atoms with Gasteiger partial charge >= 0.3 is 0 Å². The van der Waals surface area contributed by atoms with Crippen molar-refractivity contribution < 1.29 is 14.3 Å². The summed E-state index contributed by atoms with van der Waals surface area (Å²) < 4.78 is 7.03. The van der Waals surface area contributed by atoms with Crippen molar-refractivity contribution >= 4 is 24.2 Å². The summed E-state index contributed by atoms with van der Waals surface area (Å²) >= 11 is 0. The number of ether oxygens (including phenoxy) is 1. The highest BCUT2D eigenvalue weighted by atomic mass is 35.5. The molecule has 37 heavy (non-hydrogen) atoms. The van der Waals surface area contributed by atoms with Crippen LogP contribution in [0.1, 0.15) is 62.1 Å². The fraction of sp³-hybridized carbons (Fsp3) is 0.630. The van der Waals surface area contributed by atoms with Gasteiger partial charge in [0.15, 0.2) is 5.69 Å². The first-order valence-electron chi connectivity index (χ1n) is 13.3. The van der Waals surface area contributed by atoms with Gasteiger partial charge in [0.05, 0.1) is 11.4 Å². The Kier molecular flexibility index (Phi) is 10.9. The van der Waals surface area contributed by atoms with Crippen molar-refractivity contribution in [2.75, 3.05) is 39.9 Å². The minimum atomic E-state index is -0.0761. The Morgan fingerprint density at radius 1 is 1.22 bits per heavy atom. The van der Waals surface area contributed by atoms with Crippen LogP contribution in [0.25, 0.3) is 5.69 Å². The van der Waals surface area contributed by atoms with Crippen LogP contribution in [0, 0.1) is 5.92 Å². The molecule has 0 saturated carbocycles. The third kappa shape index (κ3) is 7.09. The lowest BCUT2D eigenvalue weighted by Gasteiger charge is -2.41. The first-order chi connectivity index (χ1) is 17.5. The molecule has 1 N–H and O–H groups in total.